The number of guanidine groups is 1. The van der Waals surface area contributed by atoms with Gasteiger partial charge in [-0.15, -0.1) is 0 Å². The second-order valence-corrected chi connectivity index (χ2v) is 6.50. The van der Waals surface area contributed by atoms with Crippen LogP contribution in [0.4, 0.5) is 4.39 Å². The molecule has 0 spiro atoms. The van der Waals surface area contributed by atoms with E-state index in [0.717, 1.165) is 37.9 Å². The minimum Gasteiger partial charge on any atom is -0.396 e. The maximum atomic E-state index is 14.4. The van der Waals surface area contributed by atoms with Gasteiger partial charge in [0.05, 0.1) is 18.6 Å². The molecule has 0 amide bonds. The van der Waals surface area contributed by atoms with Gasteiger partial charge in [0.25, 0.3) is 0 Å². The Morgan fingerprint density at radius 2 is 2.15 bits per heavy atom. The average molecular weight is 375 g/mol. The van der Waals surface area contributed by atoms with Crippen molar-refractivity contribution >= 4 is 5.96 Å². The zero-order chi connectivity index (χ0) is 19.5. The smallest absolute Gasteiger partial charge is 0.191 e. The first kappa shape index (κ1) is 20.9. The Bertz CT molecular complexity index is 696. The van der Waals surface area contributed by atoms with Crippen molar-refractivity contribution in [2.24, 2.45) is 10.9 Å². The standard InChI is InChI=1S/C20H30FN5O/c1-3-5-16(8-11-27)13-24-20(23-4-2)25-14-17-6-7-19(18(21)12-17)26-10-9-22-15-26/h6-7,9-10,12,15-16,27H,3-5,8,11,13-14H2,1-2H3,(H2,23,24,25). The van der Waals surface area contributed by atoms with Crippen molar-refractivity contribution in [3.05, 3.63) is 48.3 Å². The van der Waals surface area contributed by atoms with E-state index in [4.69, 9.17) is 0 Å². The van der Waals surface area contributed by atoms with Gasteiger partial charge in [-0.05, 0) is 43.4 Å². The van der Waals surface area contributed by atoms with Crippen LogP contribution in [-0.2, 0) is 6.54 Å². The summed E-state index contributed by atoms with van der Waals surface area (Å²) in [5, 5.41) is 15.7. The van der Waals surface area contributed by atoms with Crippen LogP contribution < -0.4 is 10.6 Å². The average Bonchev–Trinajstić information content (AvgIpc) is 3.18. The molecular weight excluding hydrogens is 345 g/mol. The fourth-order valence-electron chi connectivity index (χ4n) is 2.95. The summed E-state index contributed by atoms with van der Waals surface area (Å²) < 4.78 is 16.0. The van der Waals surface area contributed by atoms with Crippen LogP contribution >= 0.6 is 0 Å². The topological polar surface area (TPSA) is 74.5 Å². The number of aliphatic imine (C=N–C) groups is 1. The molecule has 27 heavy (non-hydrogen) atoms. The van der Waals surface area contributed by atoms with Crippen LogP contribution in [0.5, 0.6) is 0 Å². The Morgan fingerprint density at radius 1 is 1.30 bits per heavy atom. The maximum Gasteiger partial charge on any atom is 0.191 e. The predicted molar refractivity (Wildman–Crippen MR) is 106 cm³/mol. The Kier molecular flexibility index (Phi) is 8.77. The zero-order valence-corrected chi connectivity index (χ0v) is 16.2. The Hall–Kier alpha value is -2.41. The molecule has 1 aromatic carbocycles. The Balaban J connectivity index is 2.00. The highest BCUT2D eigenvalue weighted by Gasteiger charge is 2.09. The molecule has 3 N–H and O–H groups in total. The lowest BCUT2D eigenvalue weighted by atomic mass is 10.0. The van der Waals surface area contributed by atoms with Crippen LogP contribution in [0.15, 0.2) is 41.9 Å². The first-order chi connectivity index (χ1) is 13.2. The number of hydrogen-bond donors (Lipinski definition) is 3. The quantitative estimate of drug-likeness (QED) is 0.441. The fourth-order valence-corrected chi connectivity index (χ4v) is 2.95. The third-order valence-electron chi connectivity index (χ3n) is 4.35. The molecule has 2 rings (SSSR count). The van der Waals surface area contributed by atoms with E-state index in [1.807, 2.05) is 13.0 Å². The summed E-state index contributed by atoms with van der Waals surface area (Å²) in [5.41, 5.74) is 1.27. The van der Waals surface area contributed by atoms with Crippen LogP contribution in [-0.4, -0.2) is 40.3 Å². The van der Waals surface area contributed by atoms with Gasteiger partial charge in [0.1, 0.15) is 5.82 Å². The van der Waals surface area contributed by atoms with Gasteiger partial charge in [0.15, 0.2) is 5.96 Å². The number of imidazole rings is 1. The van der Waals surface area contributed by atoms with Crippen LogP contribution in [0, 0.1) is 11.7 Å². The van der Waals surface area contributed by atoms with E-state index in [-0.39, 0.29) is 12.4 Å². The van der Waals surface area contributed by atoms with Gasteiger partial charge in [-0.3, -0.25) is 0 Å². The van der Waals surface area contributed by atoms with Crippen molar-refractivity contribution in [2.45, 2.75) is 39.7 Å². The van der Waals surface area contributed by atoms with Crippen LogP contribution in [0.2, 0.25) is 0 Å². The summed E-state index contributed by atoms with van der Waals surface area (Å²) >= 11 is 0. The monoisotopic (exact) mass is 375 g/mol. The number of benzene rings is 1. The lowest BCUT2D eigenvalue weighted by Gasteiger charge is -2.18. The molecular formula is C20H30FN5O. The van der Waals surface area contributed by atoms with E-state index in [0.29, 0.717) is 24.1 Å². The molecule has 0 radical (unpaired) electrons. The third-order valence-corrected chi connectivity index (χ3v) is 4.35. The van der Waals surface area contributed by atoms with Gasteiger partial charge in [-0.1, -0.05) is 19.4 Å². The summed E-state index contributed by atoms with van der Waals surface area (Å²) in [7, 11) is 0. The minimum absolute atomic E-state index is 0.197. The third kappa shape index (κ3) is 6.67. The summed E-state index contributed by atoms with van der Waals surface area (Å²) in [4.78, 5) is 8.50. The van der Waals surface area contributed by atoms with Gasteiger partial charge >= 0.3 is 0 Å². The Labute approximate surface area is 160 Å². The highest BCUT2D eigenvalue weighted by Crippen LogP contribution is 2.15. The minimum atomic E-state index is -0.301. The van der Waals surface area contributed by atoms with Crippen molar-refractivity contribution in [1.82, 2.24) is 20.2 Å². The lowest BCUT2D eigenvalue weighted by molar-refractivity contribution is 0.251. The number of nitrogens with zero attached hydrogens (tertiary/aromatic N) is 3. The van der Waals surface area contributed by atoms with E-state index in [1.165, 1.54) is 6.07 Å². The first-order valence-electron chi connectivity index (χ1n) is 9.57. The number of aromatic nitrogens is 2. The van der Waals surface area contributed by atoms with E-state index in [2.05, 4.69) is 27.5 Å². The molecule has 148 valence electrons. The van der Waals surface area contributed by atoms with Crippen LogP contribution in [0.25, 0.3) is 5.69 Å². The number of halogens is 1. The van der Waals surface area contributed by atoms with Crippen molar-refractivity contribution in [3.8, 4) is 5.69 Å². The number of aliphatic hydroxyl groups is 1. The Morgan fingerprint density at radius 3 is 2.78 bits per heavy atom. The summed E-state index contributed by atoms with van der Waals surface area (Å²) in [6, 6.07) is 5.12. The highest BCUT2D eigenvalue weighted by atomic mass is 19.1. The molecule has 6 nitrogen and oxygen atoms in total. The second kappa shape index (κ2) is 11.3. The van der Waals surface area contributed by atoms with Crippen molar-refractivity contribution in [1.29, 1.82) is 0 Å². The molecule has 1 unspecified atom stereocenters. The molecule has 0 aliphatic rings. The lowest BCUT2D eigenvalue weighted by Crippen LogP contribution is -2.40. The summed E-state index contributed by atoms with van der Waals surface area (Å²) in [6.45, 7) is 6.24. The number of rotatable bonds is 10. The van der Waals surface area contributed by atoms with Crippen molar-refractivity contribution in [3.63, 3.8) is 0 Å². The largest absolute Gasteiger partial charge is 0.396 e. The fraction of sp³-hybridized carbons (Fsp3) is 0.500. The van der Waals surface area contributed by atoms with Gasteiger partial charge in [0, 0.05) is 32.1 Å². The molecule has 0 saturated carbocycles. The molecule has 1 heterocycles. The molecule has 0 aliphatic heterocycles. The summed E-state index contributed by atoms with van der Waals surface area (Å²) in [5.74, 6) is 0.816. The van der Waals surface area contributed by atoms with Gasteiger partial charge in [-0.2, -0.15) is 0 Å². The zero-order valence-electron chi connectivity index (χ0n) is 16.2. The molecule has 7 heteroatoms. The van der Waals surface area contributed by atoms with Gasteiger partial charge in [-0.25, -0.2) is 14.4 Å². The molecule has 0 aliphatic carbocycles. The second-order valence-electron chi connectivity index (χ2n) is 6.50. The molecule has 0 fully saturated rings. The van der Waals surface area contributed by atoms with Crippen LogP contribution in [0.3, 0.4) is 0 Å². The molecule has 2 aromatic rings. The maximum absolute atomic E-state index is 14.4. The van der Waals surface area contributed by atoms with Crippen LogP contribution in [0.1, 0.15) is 38.7 Å². The van der Waals surface area contributed by atoms with Gasteiger partial charge in [0.2, 0.25) is 0 Å². The molecule has 0 saturated heterocycles. The van der Waals surface area contributed by atoms with E-state index in [1.54, 1.807) is 29.4 Å². The number of aliphatic hydroxyl groups excluding tert-OH is 1. The predicted octanol–water partition coefficient (Wildman–Crippen LogP) is 2.87. The molecule has 0 bridgehead atoms. The number of nitrogens with one attached hydrogen (secondary N) is 2. The van der Waals surface area contributed by atoms with E-state index < -0.39 is 0 Å². The van der Waals surface area contributed by atoms with E-state index in [9.17, 15) is 9.50 Å². The van der Waals surface area contributed by atoms with E-state index >= 15 is 0 Å². The molecule has 1 aromatic heterocycles. The highest BCUT2D eigenvalue weighted by molar-refractivity contribution is 5.79. The number of hydrogen-bond acceptors (Lipinski definition) is 3. The first-order valence-corrected chi connectivity index (χ1v) is 9.57. The van der Waals surface area contributed by atoms with Crippen molar-refractivity contribution in [2.75, 3.05) is 19.7 Å². The summed E-state index contributed by atoms with van der Waals surface area (Å²) in [6.07, 6.45) is 7.83. The van der Waals surface area contributed by atoms with Crippen molar-refractivity contribution < 1.29 is 9.50 Å². The normalized spacial score (nSPS) is 12.8. The SMILES string of the molecule is CCCC(CCO)CNC(=NCc1ccc(-n2ccnc2)c(F)c1)NCC. The van der Waals surface area contributed by atoms with Gasteiger partial charge < -0.3 is 20.3 Å². The molecule has 1 atom stereocenters.